The first-order valence-electron chi connectivity index (χ1n) is 10.4. The molecule has 0 unspecified atom stereocenters. The van der Waals surface area contributed by atoms with E-state index in [1.54, 1.807) is 19.2 Å². The smallest absolute Gasteiger partial charge is 0.335 e. The molecule has 0 aliphatic carbocycles. The van der Waals surface area contributed by atoms with E-state index in [-0.39, 0.29) is 5.56 Å². The molecule has 0 bridgehead atoms. The molecule has 2 aromatic heterocycles. The molecule has 0 atom stereocenters. The second kappa shape index (κ2) is 10.7. The Bertz CT molecular complexity index is 1270. The Kier molecular flexibility index (Phi) is 7.49. The number of benzene rings is 2. The maximum absolute atomic E-state index is 11.1. The Balaban J connectivity index is 1.58. The highest BCUT2D eigenvalue weighted by atomic mass is 32.2. The van der Waals surface area contributed by atoms with Crippen LogP contribution >= 0.6 is 23.5 Å². The van der Waals surface area contributed by atoms with Crippen LogP contribution in [0.4, 0.5) is 0 Å². The Labute approximate surface area is 205 Å². The largest absolute Gasteiger partial charge is 0.497 e. The third-order valence-corrected chi connectivity index (χ3v) is 6.74. The second-order valence-electron chi connectivity index (χ2n) is 7.44. The van der Waals surface area contributed by atoms with Crippen LogP contribution in [0.2, 0.25) is 0 Å². The molecule has 174 valence electrons. The van der Waals surface area contributed by atoms with Gasteiger partial charge >= 0.3 is 5.97 Å². The van der Waals surface area contributed by atoms with Gasteiger partial charge < -0.3 is 9.84 Å². The molecule has 0 spiro atoms. The summed E-state index contributed by atoms with van der Waals surface area (Å²) in [4.78, 5) is 20.1. The summed E-state index contributed by atoms with van der Waals surface area (Å²) in [6, 6.07) is 16.5. The summed E-state index contributed by atoms with van der Waals surface area (Å²) >= 11 is 3.05. The minimum atomic E-state index is -0.937. The van der Waals surface area contributed by atoms with Crippen LogP contribution in [0.25, 0.3) is 5.69 Å². The van der Waals surface area contributed by atoms with Gasteiger partial charge in [0.05, 0.1) is 18.4 Å². The molecule has 0 aliphatic rings. The highest BCUT2D eigenvalue weighted by Gasteiger charge is 2.16. The molecule has 10 heteroatoms. The predicted octanol–water partition coefficient (Wildman–Crippen LogP) is 4.97. The van der Waals surface area contributed by atoms with E-state index >= 15 is 0 Å². The topological polar surface area (TPSA) is 103 Å². The summed E-state index contributed by atoms with van der Waals surface area (Å²) in [6.45, 7) is 3.91. The van der Waals surface area contributed by atoms with Crippen LogP contribution in [0.1, 0.15) is 33.1 Å². The number of aromatic nitrogens is 5. The number of aryl methyl sites for hydroxylation is 2. The lowest BCUT2D eigenvalue weighted by Crippen LogP contribution is -2.03. The van der Waals surface area contributed by atoms with Crippen LogP contribution in [0.15, 0.2) is 64.9 Å². The Morgan fingerprint density at radius 1 is 0.941 bits per heavy atom. The molecule has 2 heterocycles. The highest BCUT2D eigenvalue weighted by Crippen LogP contribution is 2.29. The van der Waals surface area contributed by atoms with E-state index in [1.807, 2.05) is 60.9 Å². The molecular formula is C24H23N5O3S2. The number of rotatable bonds is 9. The summed E-state index contributed by atoms with van der Waals surface area (Å²) in [5, 5.41) is 19.4. The third-order valence-electron chi connectivity index (χ3n) is 4.89. The Hall–Kier alpha value is -3.37. The Morgan fingerprint density at radius 2 is 1.62 bits per heavy atom. The van der Waals surface area contributed by atoms with Gasteiger partial charge in [-0.25, -0.2) is 14.8 Å². The minimum absolute atomic E-state index is 0.267. The SMILES string of the molecule is COc1ccc(-n2c(CSc3nc(C)cc(C)n3)nnc2SCc2ccc(C(=O)O)cc2)cc1. The normalized spacial score (nSPS) is 10.9. The lowest BCUT2D eigenvalue weighted by Gasteiger charge is -2.11. The second-order valence-corrected chi connectivity index (χ2v) is 9.33. The van der Waals surface area contributed by atoms with Crippen molar-refractivity contribution in [3.8, 4) is 11.4 Å². The van der Waals surface area contributed by atoms with Crippen molar-refractivity contribution in [3.63, 3.8) is 0 Å². The highest BCUT2D eigenvalue weighted by molar-refractivity contribution is 7.98. The number of hydrogen-bond donors (Lipinski definition) is 1. The van der Waals surface area contributed by atoms with E-state index in [1.165, 1.54) is 23.5 Å². The summed E-state index contributed by atoms with van der Waals surface area (Å²) in [7, 11) is 1.64. The molecule has 0 fully saturated rings. The van der Waals surface area contributed by atoms with Crippen molar-refractivity contribution in [2.24, 2.45) is 0 Å². The lowest BCUT2D eigenvalue weighted by atomic mass is 10.1. The number of carboxylic acids is 1. The summed E-state index contributed by atoms with van der Waals surface area (Å²) in [5.41, 5.74) is 4.04. The number of methoxy groups -OCH3 is 1. The average Bonchev–Trinajstić information content (AvgIpc) is 3.24. The van der Waals surface area contributed by atoms with Gasteiger partial charge in [0.1, 0.15) is 11.6 Å². The summed E-state index contributed by atoms with van der Waals surface area (Å²) in [5.74, 6) is 1.79. The number of hydrogen-bond acceptors (Lipinski definition) is 8. The summed E-state index contributed by atoms with van der Waals surface area (Å²) < 4.78 is 7.32. The number of thioether (sulfide) groups is 2. The average molecular weight is 494 g/mol. The van der Waals surface area contributed by atoms with Crippen LogP contribution < -0.4 is 4.74 Å². The Morgan fingerprint density at radius 3 is 2.24 bits per heavy atom. The van der Waals surface area contributed by atoms with Crippen LogP contribution in [-0.4, -0.2) is 42.9 Å². The lowest BCUT2D eigenvalue weighted by molar-refractivity contribution is 0.0697. The van der Waals surface area contributed by atoms with Gasteiger partial charge in [-0.1, -0.05) is 35.7 Å². The minimum Gasteiger partial charge on any atom is -0.497 e. The predicted molar refractivity (Wildman–Crippen MR) is 132 cm³/mol. The summed E-state index contributed by atoms with van der Waals surface area (Å²) in [6.07, 6.45) is 0. The molecule has 0 saturated heterocycles. The zero-order valence-electron chi connectivity index (χ0n) is 18.9. The molecule has 0 amide bonds. The molecule has 2 aromatic carbocycles. The fraction of sp³-hybridized carbons (Fsp3) is 0.208. The van der Waals surface area contributed by atoms with Crippen molar-refractivity contribution in [2.45, 2.75) is 35.7 Å². The molecule has 34 heavy (non-hydrogen) atoms. The first kappa shape index (κ1) is 23.8. The van der Waals surface area contributed by atoms with Gasteiger partial charge in [0, 0.05) is 22.8 Å². The number of carbonyl (C=O) groups is 1. The molecule has 4 rings (SSSR count). The first-order valence-corrected chi connectivity index (χ1v) is 12.4. The van der Waals surface area contributed by atoms with Crippen molar-refractivity contribution >= 4 is 29.5 Å². The maximum Gasteiger partial charge on any atom is 0.335 e. The molecule has 8 nitrogen and oxygen atoms in total. The number of carboxylic acid groups (broad SMARTS) is 1. The van der Waals surface area contributed by atoms with Crippen molar-refractivity contribution in [1.29, 1.82) is 0 Å². The molecule has 1 N–H and O–H groups in total. The van der Waals surface area contributed by atoms with Crippen LogP contribution in [-0.2, 0) is 11.5 Å². The van der Waals surface area contributed by atoms with Gasteiger partial charge in [0.15, 0.2) is 10.3 Å². The van der Waals surface area contributed by atoms with Crippen LogP contribution in [0, 0.1) is 13.8 Å². The number of aromatic carboxylic acids is 1. The van der Waals surface area contributed by atoms with Gasteiger partial charge in [0.2, 0.25) is 0 Å². The quantitative estimate of drug-likeness (QED) is 0.256. The molecule has 0 aliphatic heterocycles. The first-order chi connectivity index (χ1) is 16.4. The molecular weight excluding hydrogens is 470 g/mol. The number of nitrogens with zero attached hydrogens (tertiary/aromatic N) is 5. The molecule has 0 radical (unpaired) electrons. The molecule has 0 saturated carbocycles. The number of ether oxygens (including phenoxy) is 1. The zero-order chi connectivity index (χ0) is 24.1. The standard InChI is InChI=1S/C24H23N5O3S2/c1-15-12-16(2)26-23(25-15)33-14-21-27-28-24(29(21)19-8-10-20(32-3)11-9-19)34-13-17-4-6-18(7-5-17)22(30)31/h4-12H,13-14H2,1-3H3,(H,30,31). The molecule has 4 aromatic rings. The van der Waals surface area contributed by atoms with E-state index < -0.39 is 5.97 Å². The van der Waals surface area contributed by atoms with E-state index in [9.17, 15) is 4.79 Å². The van der Waals surface area contributed by atoms with E-state index in [2.05, 4.69) is 20.2 Å². The van der Waals surface area contributed by atoms with E-state index in [0.29, 0.717) is 16.7 Å². The monoisotopic (exact) mass is 493 g/mol. The van der Waals surface area contributed by atoms with Gasteiger partial charge in [-0.3, -0.25) is 4.57 Å². The van der Waals surface area contributed by atoms with E-state index in [0.717, 1.165) is 39.4 Å². The van der Waals surface area contributed by atoms with Gasteiger partial charge in [-0.05, 0) is 61.9 Å². The van der Waals surface area contributed by atoms with Gasteiger partial charge in [-0.2, -0.15) is 0 Å². The third kappa shape index (κ3) is 5.75. The van der Waals surface area contributed by atoms with Gasteiger partial charge in [0.25, 0.3) is 0 Å². The van der Waals surface area contributed by atoms with Crippen molar-refractivity contribution in [1.82, 2.24) is 24.7 Å². The van der Waals surface area contributed by atoms with E-state index in [4.69, 9.17) is 9.84 Å². The van der Waals surface area contributed by atoms with Crippen molar-refractivity contribution in [3.05, 3.63) is 82.9 Å². The van der Waals surface area contributed by atoms with Crippen LogP contribution in [0.3, 0.4) is 0 Å². The van der Waals surface area contributed by atoms with Gasteiger partial charge in [-0.15, -0.1) is 10.2 Å². The fourth-order valence-electron chi connectivity index (χ4n) is 3.26. The van der Waals surface area contributed by atoms with Crippen molar-refractivity contribution < 1.29 is 14.6 Å². The van der Waals surface area contributed by atoms with Crippen LogP contribution in [0.5, 0.6) is 5.75 Å². The zero-order valence-corrected chi connectivity index (χ0v) is 20.6. The van der Waals surface area contributed by atoms with Crippen molar-refractivity contribution in [2.75, 3.05) is 7.11 Å². The fourth-order valence-corrected chi connectivity index (χ4v) is 5.05. The maximum atomic E-state index is 11.1.